The van der Waals surface area contributed by atoms with Gasteiger partial charge in [-0.15, -0.1) is 24.0 Å². The minimum absolute atomic E-state index is 0. The number of methoxy groups -OCH3 is 1. The molecule has 29 heavy (non-hydrogen) atoms. The van der Waals surface area contributed by atoms with E-state index in [-0.39, 0.29) is 24.0 Å². The molecule has 0 aliphatic heterocycles. The lowest BCUT2D eigenvalue weighted by atomic mass is 10.2. The van der Waals surface area contributed by atoms with E-state index in [1.54, 1.807) is 24.2 Å². The molecule has 0 saturated heterocycles. The Hall–Kier alpha value is -2.62. The van der Waals surface area contributed by atoms with Gasteiger partial charge in [0.2, 0.25) is 0 Å². The number of pyridine rings is 1. The zero-order chi connectivity index (χ0) is 19.8. The third kappa shape index (κ3) is 6.18. The molecule has 1 aromatic carbocycles. The number of ether oxygens (including phenoxy) is 1. The third-order valence-corrected chi connectivity index (χ3v) is 4.26. The summed E-state index contributed by atoms with van der Waals surface area (Å²) in [6, 6.07) is 13.9. The average Bonchev–Trinajstić information content (AvgIpc) is 3.26. The molecule has 0 saturated carbocycles. The molecule has 0 aliphatic rings. The maximum atomic E-state index is 5.46. The summed E-state index contributed by atoms with van der Waals surface area (Å²) in [5.74, 6) is 2.50. The lowest BCUT2D eigenvalue weighted by molar-refractivity contribution is 0.396. The van der Waals surface area contributed by atoms with Gasteiger partial charge in [-0.1, -0.05) is 18.2 Å². The molecular formula is C21H27IN6O. The Balaban J connectivity index is 0.00000300. The first-order valence-corrected chi connectivity index (χ1v) is 9.27. The van der Waals surface area contributed by atoms with Crippen LogP contribution in [-0.4, -0.2) is 46.3 Å². The molecule has 0 amide bonds. The van der Waals surface area contributed by atoms with Crippen LogP contribution in [0.1, 0.15) is 18.1 Å². The molecule has 0 fully saturated rings. The predicted octanol–water partition coefficient (Wildman–Crippen LogP) is 3.49. The second-order valence-corrected chi connectivity index (χ2v) is 6.31. The van der Waals surface area contributed by atoms with Crippen molar-refractivity contribution < 1.29 is 4.74 Å². The molecule has 0 aliphatic carbocycles. The normalized spacial score (nSPS) is 10.9. The Morgan fingerprint density at radius 2 is 2.03 bits per heavy atom. The van der Waals surface area contributed by atoms with E-state index in [0.717, 1.165) is 35.2 Å². The lowest BCUT2D eigenvalue weighted by Crippen LogP contribution is -2.38. The number of aromatic nitrogens is 3. The molecule has 0 radical (unpaired) electrons. The van der Waals surface area contributed by atoms with Gasteiger partial charge in [0.1, 0.15) is 5.75 Å². The molecule has 0 atom stereocenters. The molecule has 3 aromatic rings. The topological polar surface area (TPSA) is 67.6 Å². The Kier molecular flexibility index (Phi) is 8.91. The molecule has 0 spiro atoms. The standard InChI is InChI=1S/C21H26N6O.HI/c1-4-22-21(26(2)16-18-8-5-6-9-19(18)28-3)24-15-17-10-12-23-20(14-17)27-13-7-11-25-27;/h5-14H,4,15-16H2,1-3H3,(H,22,24);1H. The Morgan fingerprint density at radius 3 is 2.76 bits per heavy atom. The van der Waals surface area contributed by atoms with E-state index in [2.05, 4.69) is 33.3 Å². The SMILES string of the molecule is CCNC(=NCc1ccnc(-n2cccn2)c1)N(C)Cc1ccccc1OC.I. The highest BCUT2D eigenvalue weighted by Gasteiger charge is 2.10. The summed E-state index contributed by atoms with van der Waals surface area (Å²) >= 11 is 0. The molecule has 3 rings (SSSR count). The number of para-hydroxylation sites is 1. The number of benzene rings is 1. The van der Waals surface area contributed by atoms with Crippen LogP contribution in [0.25, 0.3) is 5.82 Å². The van der Waals surface area contributed by atoms with Crippen LogP contribution >= 0.6 is 24.0 Å². The second-order valence-electron chi connectivity index (χ2n) is 6.31. The van der Waals surface area contributed by atoms with Gasteiger partial charge in [0, 0.05) is 44.3 Å². The number of nitrogens with one attached hydrogen (secondary N) is 1. The maximum absolute atomic E-state index is 5.46. The van der Waals surface area contributed by atoms with Crippen LogP contribution in [0.3, 0.4) is 0 Å². The van der Waals surface area contributed by atoms with Crippen molar-refractivity contribution in [2.24, 2.45) is 4.99 Å². The highest BCUT2D eigenvalue weighted by molar-refractivity contribution is 14.0. The molecule has 2 aromatic heterocycles. The smallest absolute Gasteiger partial charge is 0.194 e. The summed E-state index contributed by atoms with van der Waals surface area (Å²) in [6.45, 7) is 4.11. The first kappa shape index (κ1) is 22.7. The van der Waals surface area contributed by atoms with Gasteiger partial charge in [-0.3, -0.25) is 0 Å². The number of halogens is 1. The zero-order valence-electron chi connectivity index (χ0n) is 16.9. The van der Waals surface area contributed by atoms with Crippen LogP contribution < -0.4 is 10.1 Å². The van der Waals surface area contributed by atoms with E-state index in [4.69, 9.17) is 9.73 Å². The molecule has 7 nitrogen and oxygen atoms in total. The minimum Gasteiger partial charge on any atom is -0.496 e. The first-order chi connectivity index (χ1) is 13.7. The lowest BCUT2D eigenvalue weighted by Gasteiger charge is -2.23. The van der Waals surface area contributed by atoms with Crippen LogP contribution in [0.4, 0.5) is 0 Å². The molecule has 0 bridgehead atoms. The molecule has 0 unspecified atom stereocenters. The van der Waals surface area contributed by atoms with Crippen molar-refractivity contribution in [2.45, 2.75) is 20.0 Å². The van der Waals surface area contributed by atoms with E-state index in [9.17, 15) is 0 Å². The van der Waals surface area contributed by atoms with Gasteiger partial charge in [0.15, 0.2) is 11.8 Å². The fourth-order valence-corrected chi connectivity index (χ4v) is 2.89. The Bertz CT molecular complexity index is 913. The second kappa shape index (κ2) is 11.4. The van der Waals surface area contributed by atoms with Crippen LogP contribution in [0.2, 0.25) is 0 Å². The summed E-state index contributed by atoms with van der Waals surface area (Å²) in [7, 11) is 3.72. The van der Waals surface area contributed by atoms with Gasteiger partial charge < -0.3 is 15.0 Å². The molecule has 1 N–H and O–H groups in total. The van der Waals surface area contributed by atoms with E-state index in [1.165, 1.54) is 0 Å². The van der Waals surface area contributed by atoms with Crippen molar-refractivity contribution in [1.82, 2.24) is 25.0 Å². The number of aliphatic imine (C=N–C) groups is 1. The van der Waals surface area contributed by atoms with Crippen LogP contribution in [0.15, 0.2) is 66.0 Å². The van der Waals surface area contributed by atoms with Crippen molar-refractivity contribution in [1.29, 1.82) is 0 Å². The third-order valence-electron chi connectivity index (χ3n) is 4.26. The number of guanidine groups is 1. The van der Waals surface area contributed by atoms with Gasteiger partial charge in [-0.2, -0.15) is 5.10 Å². The predicted molar refractivity (Wildman–Crippen MR) is 126 cm³/mol. The van der Waals surface area contributed by atoms with Gasteiger partial charge in [-0.25, -0.2) is 14.7 Å². The largest absolute Gasteiger partial charge is 0.496 e. The van der Waals surface area contributed by atoms with Crippen molar-refractivity contribution in [3.63, 3.8) is 0 Å². The van der Waals surface area contributed by atoms with Gasteiger partial charge in [-0.05, 0) is 36.8 Å². The first-order valence-electron chi connectivity index (χ1n) is 9.27. The maximum Gasteiger partial charge on any atom is 0.194 e. The Labute approximate surface area is 188 Å². The number of nitrogens with zero attached hydrogens (tertiary/aromatic N) is 5. The average molecular weight is 506 g/mol. The quantitative estimate of drug-likeness (QED) is 0.302. The van der Waals surface area contributed by atoms with Crippen LogP contribution in [0, 0.1) is 0 Å². The highest BCUT2D eigenvalue weighted by atomic mass is 127. The van der Waals surface area contributed by atoms with Gasteiger partial charge in [0.05, 0.1) is 13.7 Å². The summed E-state index contributed by atoms with van der Waals surface area (Å²) in [6.07, 6.45) is 5.40. The van der Waals surface area contributed by atoms with E-state index >= 15 is 0 Å². The number of rotatable bonds is 7. The van der Waals surface area contributed by atoms with E-state index in [1.807, 2.05) is 49.6 Å². The minimum atomic E-state index is 0. The van der Waals surface area contributed by atoms with E-state index < -0.39 is 0 Å². The Morgan fingerprint density at radius 1 is 1.21 bits per heavy atom. The molecular weight excluding hydrogens is 479 g/mol. The summed E-state index contributed by atoms with van der Waals surface area (Å²) in [5.41, 5.74) is 2.18. The molecule has 154 valence electrons. The fourth-order valence-electron chi connectivity index (χ4n) is 2.89. The van der Waals surface area contributed by atoms with Crippen molar-refractivity contribution in [2.75, 3.05) is 20.7 Å². The number of hydrogen-bond donors (Lipinski definition) is 1. The zero-order valence-corrected chi connectivity index (χ0v) is 19.3. The summed E-state index contributed by atoms with van der Waals surface area (Å²) in [5, 5.41) is 7.58. The fraction of sp³-hybridized carbons (Fsp3) is 0.286. The summed E-state index contributed by atoms with van der Waals surface area (Å²) in [4.78, 5) is 11.3. The number of hydrogen-bond acceptors (Lipinski definition) is 4. The van der Waals surface area contributed by atoms with Gasteiger partial charge in [0.25, 0.3) is 0 Å². The van der Waals surface area contributed by atoms with Gasteiger partial charge >= 0.3 is 0 Å². The monoisotopic (exact) mass is 506 g/mol. The highest BCUT2D eigenvalue weighted by Crippen LogP contribution is 2.18. The molecule has 8 heteroatoms. The van der Waals surface area contributed by atoms with Crippen LogP contribution in [-0.2, 0) is 13.1 Å². The van der Waals surface area contributed by atoms with Crippen LogP contribution in [0.5, 0.6) is 5.75 Å². The van der Waals surface area contributed by atoms with Crippen molar-refractivity contribution in [3.05, 3.63) is 72.2 Å². The van der Waals surface area contributed by atoms with E-state index in [0.29, 0.717) is 13.1 Å². The summed E-state index contributed by atoms with van der Waals surface area (Å²) < 4.78 is 7.20. The van der Waals surface area contributed by atoms with Crippen molar-refractivity contribution >= 4 is 29.9 Å². The van der Waals surface area contributed by atoms with Crippen molar-refractivity contribution in [3.8, 4) is 11.6 Å². The molecule has 2 heterocycles.